The second kappa shape index (κ2) is 71.9. The second-order valence-corrected chi connectivity index (χ2v) is 29.2. The molecule has 0 spiro atoms. The van der Waals surface area contributed by atoms with Gasteiger partial charge in [-0.2, -0.15) is 0 Å². The van der Waals surface area contributed by atoms with Gasteiger partial charge in [-0.3, -0.25) is 37.3 Å². The van der Waals surface area contributed by atoms with E-state index in [-0.39, 0.29) is 25.7 Å². The number of unbranched alkanes of at least 4 members (excludes halogenated alkanes) is 37. The summed E-state index contributed by atoms with van der Waals surface area (Å²) in [5.41, 5.74) is 0. The van der Waals surface area contributed by atoms with Gasteiger partial charge in [0.25, 0.3) is 0 Å². The molecule has 98 heavy (non-hydrogen) atoms. The first-order valence-corrected chi connectivity index (χ1v) is 42.2. The number of phosphoric ester groups is 2. The largest absolute Gasteiger partial charge is 0.472 e. The minimum atomic E-state index is -4.98. The normalized spacial score (nSPS) is 14.3. The third-order valence-corrected chi connectivity index (χ3v) is 18.6. The molecule has 2 unspecified atom stereocenters. The predicted octanol–water partition coefficient (Wildman–Crippen LogP) is 22.4. The van der Waals surface area contributed by atoms with Crippen LogP contribution in [0.1, 0.15) is 349 Å². The molecule has 0 aliphatic heterocycles. The lowest BCUT2D eigenvalue weighted by Gasteiger charge is -2.21. The van der Waals surface area contributed by atoms with Crippen molar-refractivity contribution < 1.29 is 80.2 Å². The molecule has 0 saturated carbocycles. The Morgan fingerprint density at radius 1 is 0.296 bits per heavy atom. The number of phosphoric acid groups is 2. The smallest absolute Gasteiger partial charge is 0.462 e. The minimum Gasteiger partial charge on any atom is -0.462 e. The molecule has 0 fully saturated rings. The summed E-state index contributed by atoms with van der Waals surface area (Å²) in [6.07, 6.45) is 71.7. The van der Waals surface area contributed by atoms with E-state index in [2.05, 4.69) is 88.5 Å². The van der Waals surface area contributed by atoms with Crippen LogP contribution in [0, 0.1) is 0 Å². The fourth-order valence-electron chi connectivity index (χ4n) is 10.7. The number of esters is 4. The summed E-state index contributed by atoms with van der Waals surface area (Å²) in [4.78, 5) is 72.8. The first kappa shape index (κ1) is 94.5. The fraction of sp³-hybridized carbons (Fsp3) is 0.797. The zero-order valence-corrected chi connectivity index (χ0v) is 64.0. The average Bonchev–Trinajstić information content (AvgIpc) is 0.969. The first-order valence-electron chi connectivity index (χ1n) is 39.2. The molecular formula is C79H142O17P2. The number of aliphatic hydroxyl groups excluding tert-OH is 1. The van der Waals surface area contributed by atoms with Gasteiger partial charge in [-0.15, -0.1) is 0 Å². The van der Waals surface area contributed by atoms with Crippen molar-refractivity contribution in [2.24, 2.45) is 0 Å². The van der Waals surface area contributed by atoms with Crippen LogP contribution in [-0.4, -0.2) is 96.7 Å². The monoisotopic (exact) mass is 1420 g/mol. The van der Waals surface area contributed by atoms with Crippen LogP contribution >= 0.6 is 15.6 Å². The number of ether oxygens (including phenoxy) is 4. The van der Waals surface area contributed by atoms with Crippen LogP contribution in [0.2, 0.25) is 0 Å². The molecule has 17 nitrogen and oxygen atoms in total. The van der Waals surface area contributed by atoms with Crippen LogP contribution < -0.4 is 0 Å². The quantitative estimate of drug-likeness (QED) is 0.0128. The molecule has 570 valence electrons. The lowest BCUT2D eigenvalue weighted by Crippen LogP contribution is -2.30. The summed E-state index contributed by atoms with van der Waals surface area (Å²) < 4.78 is 68.5. The predicted molar refractivity (Wildman–Crippen MR) is 400 cm³/mol. The van der Waals surface area contributed by atoms with Crippen LogP contribution in [0.4, 0.5) is 0 Å². The van der Waals surface area contributed by atoms with Crippen molar-refractivity contribution in [3.05, 3.63) is 72.9 Å². The van der Waals surface area contributed by atoms with Crippen LogP contribution in [-0.2, 0) is 65.4 Å². The number of carbonyl (C=O) groups excluding carboxylic acids is 4. The Kier molecular flexibility index (Phi) is 69.3. The van der Waals surface area contributed by atoms with Gasteiger partial charge in [0, 0.05) is 25.7 Å². The van der Waals surface area contributed by atoms with E-state index < -0.39 is 97.5 Å². The molecule has 0 aromatic rings. The molecule has 0 rings (SSSR count). The highest BCUT2D eigenvalue weighted by Crippen LogP contribution is 2.45. The van der Waals surface area contributed by atoms with E-state index in [4.69, 9.17) is 37.0 Å². The Labute approximate surface area is 596 Å². The van der Waals surface area contributed by atoms with Gasteiger partial charge in [-0.25, -0.2) is 9.13 Å². The lowest BCUT2D eigenvalue weighted by atomic mass is 10.0. The summed E-state index contributed by atoms with van der Waals surface area (Å²) in [6, 6.07) is 0. The maximum Gasteiger partial charge on any atom is 0.472 e. The highest BCUT2D eigenvalue weighted by atomic mass is 31.2. The molecule has 0 bridgehead atoms. The van der Waals surface area contributed by atoms with Crippen LogP contribution in [0.25, 0.3) is 0 Å². The number of hydrogen-bond donors (Lipinski definition) is 3. The van der Waals surface area contributed by atoms with E-state index in [0.717, 1.165) is 116 Å². The molecule has 0 heterocycles. The highest BCUT2D eigenvalue weighted by Gasteiger charge is 2.30. The Morgan fingerprint density at radius 3 is 0.898 bits per heavy atom. The number of carbonyl (C=O) groups is 4. The van der Waals surface area contributed by atoms with E-state index in [1.54, 1.807) is 0 Å². The summed E-state index contributed by atoms with van der Waals surface area (Å²) in [6.45, 7) is 4.80. The number of rotatable bonds is 74. The van der Waals surface area contributed by atoms with Crippen molar-refractivity contribution in [3.8, 4) is 0 Å². The SMILES string of the molecule is CCCCC/C=C\C/C=C\C/C=C\C/C=C\CCCC(=O)OC[C@H](COP(=O)(O)OC[C@H](O)COP(=O)(O)OC[C@@H](COC(=O)CCCCCCC/C=C\C=C/CCCCCC)OC(=O)CCCCCCCCCCCCCCC)OC(=O)CCCCCCCCCCCCCCC. The Balaban J connectivity index is 5.36. The van der Waals surface area contributed by atoms with Gasteiger partial charge in [0.1, 0.15) is 19.3 Å². The summed E-state index contributed by atoms with van der Waals surface area (Å²) in [5.74, 6) is -2.23. The maximum absolute atomic E-state index is 13.1. The lowest BCUT2D eigenvalue weighted by molar-refractivity contribution is -0.161. The van der Waals surface area contributed by atoms with Gasteiger partial charge >= 0.3 is 39.5 Å². The molecule has 5 atom stereocenters. The van der Waals surface area contributed by atoms with Gasteiger partial charge in [-0.05, 0) is 89.9 Å². The summed E-state index contributed by atoms with van der Waals surface area (Å²) in [7, 11) is -9.95. The average molecular weight is 1430 g/mol. The van der Waals surface area contributed by atoms with E-state index in [9.17, 15) is 43.2 Å². The summed E-state index contributed by atoms with van der Waals surface area (Å²) in [5, 5.41) is 10.6. The first-order chi connectivity index (χ1) is 47.7. The molecule has 0 aliphatic carbocycles. The van der Waals surface area contributed by atoms with Gasteiger partial charge in [-0.1, -0.05) is 306 Å². The molecule has 3 N–H and O–H groups in total. The zero-order chi connectivity index (χ0) is 71.8. The number of allylic oxidation sites excluding steroid dienone is 12. The molecule has 19 heteroatoms. The van der Waals surface area contributed by atoms with Crippen molar-refractivity contribution in [1.82, 2.24) is 0 Å². The van der Waals surface area contributed by atoms with E-state index in [1.165, 1.54) is 148 Å². The number of aliphatic hydroxyl groups is 1. The van der Waals surface area contributed by atoms with Gasteiger partial charge in [0.2, 0.25) is 0 Å². The Morgan fingerprint density at radius 2 is 0.541 bits per heavy atom. The standard InChI is InChI=1S/C79H142O17P2/c1-5-9-13-17-21-25-29-33-35-36-38-42-44-48-52-56-60-64-77(82)90-70-75(96-79(84)66-62-58-54-50-46-40-32-28-24-20-16-12-8-4)72-94-98(87,88)92-68-73(80)67-91-97(85,86)93-71-74(95-78(83)65-61-57-53-49-45-39-31-27-23-19-15-11-7-3)69-89-76(81)63-59-55-51-47-43-41-37-34-30-26-22-18-14-10-6-2/h21,25-26,30,33-35,37-38,42,48,52,73-75,80H,5-20,22-24,27-29,31-32,36,39-41,43-47,49-51,53-72H2,1-4H3,(H,85,86)(H,87,88)/b25-21-,30-26-,35-33-,37-34-,42-38-,52-48-/t73-,74-,75-/m1/s1. The molecular weight excluding hydrogens is 1280 g/mol. The molecule has 0 aromatic carbocycles. The molecule has 0 radical (unpaired) electrons. The highest BCUT2D eigenvalue weighted by molar-refractivity contribution is 7.47. The molecule has 0 aliphatic rings. The minimum absolute atomic E-state index is 0.0884. The second-order valence-electron chi connectivity index (χ2n) is 26.3. The van der Waals surface area contributed by atoms with Crippen molar-refractivity contribution in [3.63, 3.8) is 0 Å². The Hall–Kier alpha value is -3.50. The van der Waals surface area contributed by atoms with E-state index >= 15 is 0 Å². The zero-order valence-electron chi connectivity index (χ0n) is 62.2. The third-order valence-electron chi connectivity index (χ3n) is 16.7. The van der Waals surface area contributed by atoms with Gasteiger partial charge in [0.15, 0.2) is 12.2 Å². The van der Waals surface area contributed by atoms with Crippen LogP contribution in [0.3, 0.4) is 0 Å². The summed E-state index contributed by atoms with van der Waals surface area (Å²) >= 11 is 0. The fourth-order valence-corrected chi connectivity index (χ4v) is 12.3. The van der Waals surface area contributed by atoms with Gasteiger partial charge in [0.05, 0.1) is 26.4 Å². The van der Waals surface area contributed by atoms with Crippen molar-refractivity contribution >= 4 is 39.5 Å². The molecule has 0 aromatic heterocycles. The van der Waals surface area contributed by atoms with Crippen LogP contribution in [0.15, 0.2) is 72.9 Å². The molecule has 0 saturated heterocycles. The van der Waals surface area contributed by atoms with E-state index in [1.807, 2.05) is 12.2 Å². The maximum atomic E-state index is 13.1. The van der Waals surface area contributed by atoms with Crippen molar-refractivity contribution in [2.75, 3.05) is 39.6 Å². The third kappa shape index (κ3) is 70.9. The Bertz CT molecular complexity index is 2140. The number of hydrogen-bond acceptors (Lipinski definition) is 15. The van der Waals surface area contributed by atoms with Crippen molar-refractivity contribution in [2.45, 2.75) is 367 Å². The van der Waals surface area contributed by atoms with Crippen LogP contribution in [0.5, 0.6) is 0 Å². The van der Waals surface area contributed by atoms with Gasteiger partial charge < -0.3 is 33.8 Å². The molecule has 0 amide bonds. The van der Waals surface area contributed by atoms with Crippen molar-refractivity contribution in [1.29, 1.82) is 0 Å². The topological polar surface area (TPSA) is 237 Å². The van der Waals surface area contributed by atoms with E-state index in [0.29, 0.717) is 32.1 Å².